The number of amides is 1. The summed E-state index contributed by atoms with van der Waals surface area (Å²) in [5.41, 5.74) is 1.26. The first-order valence-corrected chi connectivity index (χ1v) is 5.94. The zero-order valence-corrected chi connectivity index (χ0v) is 10.8. The smallest absolute Gasteiger partial charge is 0.417 e. The van der Waals surface area contributed by atoms with E-state index in [-0.39, 0.29) is 5.56 Å². The molecule has 0 fully saturated rings. The zero-order valence-electron chi connectivity index (χ0n) is 10.8. The van der Waals surface area contributed by atoms with E-state index in [1.54, 1.807) is 37.3 Å². The minimum atomic E-state index is -1.05. The Balaban J connectivity index is 2.11. The predicted molar refractivity (Wildman–Crippen MR) is 74.2 cm³/mol. The number of ether oxygens (including phenoxy) is 1. The lowest BCUT2D eigenvalue weighted by Crippen LogP contribution is -2.17. The Bertz CT molecular complexity index is 638. The lowest BCUT2D eigenvalue weighted by Gasteiger charge is -2.09. The Morgan fingerprint density at radius 3 is 2.45 bits per heavy atom. The number of nitrogens with one attached hydrogen (secondary N) is 1. The van der Waals surface area contributed by atoms with Gasteiger partial charge in [0, 0.05) is 5.69 Å². The second-order valence-corrected chi connectivity index (χ2v) is 4.16. The minimum Gasteiger partial charge on any atom is -0.478 e. The van der Waals surface area contributed by atoms with Crippen molar-refractivity contribution in [2.75, 3.05) is 5.32 Å². The molecular formula is C15H13NO4. The summed E-state index contributed by atoms with van der Waals surface area (Å²) in [6.45, 7) is 1.77. The first kappa shape index (κ1) is 13.6. The molecule has 0 aromatic heterocycles. The van der Waals surface area contributed by atoms with Gasteiger partial charge in [-0.2, -0.15) is 0 Å². The molecule has 2 rings (SSSR count). The van der Waals surface area contributed by atoms with Gasteiger partial charge < -0.3 is 9.84 Å². The maximum absolute atomic E-state index is 11.7. The van der Waals surface area contributed by atoms with Crippen LogP contribution in [0.15, 0.2) is 48.5 Å². The third-order valence-corrected chi connectivity index (χ3v) is 2.68. The van der Waals surface area contributed by atoms with Gasteiger partial charge in [-0.3, -0.25) is 5.32 Å². The van der Waals surface area contributed by atoms with Gasteiger partial charge in [-0.05, 0) is 36.8 Å². The van der Waals surface area contributed by atoms with Crippen LogP contribution in [0.3, 0.4) is 0 Å². The fourth-order valence-electron chi connectivity index (χ4n) is 1.62. The fraction of sp³-hybridized carbons (Fsp3) is 0.0667. The van der Waals surface area contributed by atoms with E-state index in [1.165, 1.54) is 12.1 Å². The van der Waals surface area contributed by atoms with Crippen molar-refractivity contribution in [2.24, 2.45) is 0 Å². The molecule has 102 valence electrons. The number of carbonyl (C=O) groups is 2. The van der Waals surface area contributed by atoms with Crippen molar-refractivity contribution in [1.29, 1.82) is 0 Å². The predicted octanol–water partition coefficient (Wildman–Crippen LogP) is 3.30. The number of carboxylic acid groups (broad SMARTS) is 1. The molecule has 0 saturated heterocycles. The third kappa shape index (κ3) is 3.35. The Labute approximate surface area is 115 Å². The van der Waals surface area contributed by atoms with Crippen LogP contribution in [0.25, 0.3) is 0 Å². The van der Waals surface area contributed by atoms with E-state index in [4.69, 9.17) is 9.84 Å². The third-order valence-electron chi connectivity index (χ3n) is 2.68. The summed E-state index contributed by atoms with van der Waals surface area (Å²) < 4.78 is 5.08. The summed E-state index contributed by atoms with van der Waals surface area (Å²) >= 11 is 0. The van der Waals surface area contributed by atoms with Gasteiger partial charge in [-0.15, -0.1) is 0 Å². The number of hydrogen-bond acceptors (Lipinski definition) is 3. The van der Waals surface area contributed by atoms with Crippen molar-refractivity contribution in [3.05, 3.63) is 59.7 Å². The summed E-state index contributed by atoms with van der Waals surface area (Å²) in [6, 6.07) is 13.1. The quantitative estimate of drug-likeness (QED) is 0.898. The van der Waals surface area contributed by atoms with E-state index in [1.807, 2.05) is 6.07 Å². The molecule has 0 unspecified atom stereocenters. The van der Waals surface area contributed by atoms with Crippen LogP contribution in [0.2, 0.25) is 0 Å². The van der Waals surface area contributed by atoms with Crippen LogP contribution in [0, 0.1) is 6.92 Å². The van der Waals surface area contributed by atoms with Gasteiger partial charge in [0.1, 0.15) is 5.75 Å². The average molecular weight is 271 g/mol. The molecule has 5 heteroatoms. The Hall–Kier alpha value is -2.82. The number of carbonyl (C=O) groups excluding carboxylic acids is 1. The van der Waals surface area contributed by atoms with Crippen molar-refractivity contribution < 1.29 is 19.4 Å². The number of para-hydroxylation sites is 1. The highest BCUT2D eigenvalue weighted by atomic mass is 16.6. The number of aromatic carboxylic acids is 1. The van der Waals surface area contributed by atoms with Crippen molar-refractivity contribution in [1.82, 2.24) is 0 Å². The number of rotatable bonds is 3. The van der Waals surface area contributed by atoms with Crippen molar-refractivity contribution in [3.8, 4) is 5.75 Å². The number of benzene rings is 2. The van der Waals surface area contributed by atoms with E-state index < -0.39 is 12.1 Å². The molecule has 2 aromatic rings. The van der Waals surface area contributed by atoms with Crippen LogP contribution in [0.5, 0.6) is 5.75 Å². The molecule has 2 aromatic carbocycles. The number of hydrogen-bond donors (Lipinski definition) is 2. The maximum atomic E-state index is 11.7. The molecule has 0 heterocycles. The molecular weight excluding hydrogens is 258 g/mol. The molecule has 0 aliphatic carbocycles. The number of carboxylic acids is 1. The molecule has 0 saturated carbocycles. The summed E-state index contributed by atoms with van der Waals surface area (Å²) in [4.78, 5) is 22.6. The first-order chi connectivity index (χ1) is 9.56. The molecule has 0 atom stereocenters. The minimum absolute atomic E-state index is 0.102. The van der Waals surface area contributed by atoms with Gasteiger partial charge in [-0.1, -0.05) is 24.3 Å². The molecule has 0 spiro atoms. The molecule has 1 amide bonds. The highest BCUT2D eigenvalue weighted by Crippen LogP contribution is 2.18. The van der Waals surface area contributed by atoms with Crippen LogP contribution in [-0.2, 0) is 0 Å². The normalized spacial score (nSPS) is 9.85. The SMILES string of the molecule is Cc1ccc(C(=O)O)cc1NC(=O)Oc1ccccc1. The molecule has 0 bridgehead atoms. The molecule has 0 aliphatic rings. The highest BCUT2D eigenvalue weighted by molar-refractivity contribution is 5.92. The summed E-state index contributed by atoms with van der Waals surface area (Å²) in [6.07, 6.45) is -0.665. The standard InChI is InChI=1S/C15H13NO4/c1-10-7-8-11(14(17)18)9-13(10)16-15(19)20-12-5-3-2-4-6-12/h2-9H,1H3,(H,16,19)(H,17,18). The lowest BCUT2D eigenvalue weighted by molar-refractivity contribution is 0.0697. The van der Waals surface area contributed by atoms with E-state index in [0.29, 0.717) is 11.4 Å². The van der Waals surface area contributed by atoms with Crippen LogP contribution >= 0.6 is 0 Å². The van der Waals surface area contributed by atoms with Crippen molar-refractivity contribution in [3.63, 3.8) is 0 Å². The van der Waals surface area contributed by atoms with Gasteiger partial charge in [0.15, 0.2) is 0 Å². The topological polar surface area (TPSA) is 75.6 Å². The summed E-state index contributed by atoms with van der Waals surface area (Å²) in [5.74, 6) is -0.637. The van der Waals surface area contributed by atoms with Crippen molar-refractivity contribution in [2.45, 2.75) is 6.92 Å². The second-order valence-electron chi connectivity index (χ2n) is 4.16. The van der Waals surface area contributed by atoms with Gasteiger partial charge in [0.05, 0.1) is 5.56 Å². The lowest BCUT2D eigenvalue weighted by atomic mass is 10.1. The van der Waals surface area contributed by atoms with Crippen LogP contribution in [0.4, 0.5) is 10.5 Å². The van der Waals surface area contributed by atoms with Gasteiger partial charge >= 0.3 is 12.1 Å². The first-order valence-electron chi connectivity index (χ1n) is 5.94. The van der Waals surface area contributed by atoms with Gasteiger partial charge in [0.2, 0.25) is 0 Å². The Morgan fingerprint density at radius 1 is 1.10 bits per heavy atom. The van der Waals surface area contributed by atoms with Gasteiger partial charge in [-0.25, -0.2) is 9.59 Å². The summed E-state index contributed by atoms with van der Waals surface area (Å²) in [7, 11) is 0. The van der Waals surface area contributed by atoms with Crippen LogP contribution < -0.4 is 10.1 Å². The zero-order chi connectivity index (χ0) is 14.5. The fourth-order valence-corrected chi connectivity index (χ4v) is 1.62. The van der Waals surface area contributed by atoms with E-state index in [2.05, 4.69) is 5.32 Å². The molecule has 0 aliphatic heterocycles. The monoisotopic (exact) mass is 271 g/mol. The van der Waals surface area contributed by atoms with E-state index >= 15 is 0 Å². The van der Waals surface area contributed by atoms with Crippen molar-refractivity contribution >= 4 is 17.7 Å². The van der Waals surface area contributed by atoms with E-state index in [0.717, 1.165) is 5.56 Å². The van der Waals surface area contributed by atoms with E-state index in [9.17, 15) is 9.59 Å². The Kier molecular flexibility index (Phi) is 4.00. The largest absolute Gasteiger partial charge is 0.478 e. The highest BCUT2D eigenvalue weighted by Gasteiger charge is 2.10. The Morgan fingerprint density at radius 2 is 1.80 bits per heavy atom. The molecule has 0 radical (unpaired) electrons. The van der Waals surface area contributed by atoms with Gasteiger partial charge in [0.25, 0.3) is 0 Å². The molecule has 2 N–H and O–H groups in total. The second kappa shape index (κ2) is 5.88. The van der Waals surface area contributed by atoms with Crippen LogP contribution in [-0.4, -0.2) is 17.2 Å². The number of anilines is 1. The maximum Gasteiger partial charge on any atom is 0.417 e. The van der Waals surface area contributed by atoms with Crippen LogP contribution in [0.1, 0.15) is 15.9 Å². The number of aryl methyl sites for hydroxylation is 1. The summed E-state index contributed by atoms with van der Waals surface area (Å²) in [5, 5.41) is 11.5. The molecule has 20 heavy (non-hydrogen) atoms. The average Bonchev–Trinajstić information content (AvgIpc) is 2.42. The molecule has 5 nitrogen and oxygen atoms in total.